The molecule has 1 aromatic heterocycles. The number of hydroxylamine groups is 3. The van der Waals surface area contributed by atoms with Gasteiger partial charge in [-0.3, -0.25) is 14.5 Å². The van der Waals surface area contributed by atoms with Crippen molar-refractivity contribution in [3.8, 4) is 0 Å². The molecule has 4 heterocycles. The highest BCUT2D eigenvalue weighted by atomic mass is 32.2. The van der Waals surface area contributed by atoms with Gasteiger partial charge in [-0.1, -0.05) is 5.16 Å². The van der Waals surface area contributed by atoms with E-state index in [0.717, 1.165) is 37.3 Å². The summed E-state index contributed by atoms with van der Waals surface area (Å²) >= 11 is 2.52. The molecule has 12 nitrogen and oxygen atoms in total. The minimum Gasteiger partial charge on any atom is -0.477 e. The fourth-order valence-corrected chi connectivity index (χ4v) is 5.94. The molecule has 0 aromatic carbocycles. The predicted octanol–water partition coefficient (Wildman–Crippen LogP) is -0.0136. The maximum atomic E-state index is 12.9. The Morgan fingerprint density at radius 3 is 2.76 bits per heavy atom. The number of aliphatic carboxylic acids is 1. The number of carboxylic acids is 1. The number of nitrogen functional groups attached to an aromatic ring is 1. The van der Waals surface area contributed by atoms with E-state index in [1.807, 2.05) is 7.05 Å². The molecule has 1 aromatic rings. The molecule has 4 rings (SSSR count). The zero-order valence-corrected chi connectivity index (χ0v) is 19.8. The van der Waals surface area contributed by atoms with Crippen LogP contribution in [0.5, 0.6) is 0 Å². The molecule has 3 aliphatic rings. The normalized spacial score (nSPS) is 24.4. The third kappa shape index (κ3) is 4.55. The van der Waals surface area contributed by atoms with E-state index in [1.54, 1.807) is 5.38 Å². The SMILES string of the molecule is CON=C(C(=O)NC1C(=O)N2C(C(=O)O)=C(CO[N+]3(C)CCCC3)CSC12)c1csc(N)n1. The first kappa shape index (κ1) is 23.5. The first-order chi connectivity index (χ1) is 15.7. The number of nitrogens with one attached hydrogen (secondary N) is 1. The number of thiazole rings is 1. The number of oxime groups is 1. The van der Waals surface area contributed by atoms with Gasteiger partial charge in [-0.2, -0.15) is 9.48 Å². The van der Waals surface area contributed by atoms with Gasteiger partial charge in [0.25, 0.3) is 11.8 Å². The van der Waals surface area contributed by atoms with Gasteiger partial charge in [0.05, 0.1) is 7.05 Å². The Kier molecular flexibility index (Phi) is 6.61. The summed E-state index contributed by atoms with van der Waals surface area (Å²) in [5, 5.41) is 17.4. The topological polar surface area (TPSA) is 156 Å². The molecule has 0 spiro atoms. The summed E-state index contributed by atoms with van der Waals surface area (Å²) in [7, 11) is 3.26. The second kappa shape index (κ2) is 9.29. The van der Waals surface area contributed by atoms with E-state index in [-0.39, 0.29) is 28.8 Å². The largest absolute Gasteiger partial charge is 0.477 e. The monoisotopic (exact) mass is 497 g/mol. The van der Waals surface area contributed by atoms with Gasteiger partial charge < -0.3 is 21.0 Å². The summed E-state index contributed by atoms with van der Waals surface area (Å²) in [4.78, 5) is 53.7. The highest BCUT2D eigenvalue weighted by Gasteiger charge is 2.54. The smallest absolute Gasteiger partial charge is 0.352 e. The number of nitrogens with zero attached hydrogens (tertiary/aromatic N) is 4. The Hall–Kier alpha value is -2.68. The third-order valence-corrected chi connectivity index (χ3v) is 7.77. The number of nitrogens with two attached hydrogens (primary N) is 1. The van der Waals surface area contributed by atoms with E-state index >= 15 is 0 Å². The predicted molar refractivity (Wildman–Crippen MR) is 121 cm³/mol. The van der Waals surface area contributed by atoms with Crippen LogP contribution in [-0.2, 0) is 24.1 Å². The van der Waals surface area contributed by atoms with Crippen molar-refractivity contribution < 1.29 is 33.8 Å². The summed E-state index contributed by atoms with van der Waals surface area (Å²) in [6.07, 6.45) is 2.12. The molecule has 0 aliphatic carbocycles. The number of amides is 2. The Balaban J connectivity index is 1.48. The molecule has 178 valence electrons. The lowest BCUT2D eigenvalue weighted by Gasteiger charge is -2.49. The lowest BCUT2D eigenvalue weighted by atomic mass is 10.0. The second-order valence-electron chi connectivity index (χ2n) is 8.04. The number of aromatic nitrogens is 1. The van der Waals surface area contributed by atoms with Crippen LogP contribution in [0.2, 0.25) is 0 Å². The minimum absolute atomic E-state index is 0.0712. The molecule has 2 amide bonds. The van der Waals surface area contributed by atoms with Crippen LogP contribution in [0.4, 0.5) is 5.13 Å². The van der Waals surface area contributed by atoms with Crippen molar-refractivity contribution in [1.29, 1.82) is 0 Å². The summed E-state index contributed by atoms with van der Waals surface area (Å²) in [6, 6.07) is -0.902. The van der Waals surface area contributed by atoms with Crippen molar-refractivity contribution in [2.45, 2.75) is 24.3 Å². The van der Waals surface area contributed by atoms with Crippen molar-refractivity contribution in [3.63, 3.8) is 0 Å². The molecule has 2 unspecified atom stereocenters. The highest BCUT2D eigenvalue weighted by Crippen LogP contribution is 2.40. The van der Waals surface area contributed by atoms with E-state index in [4.69, 9.17) is 15.4 Å². The van der Waals surface area contributed by atoms with Crippen molar-refractivity contribution >= 4 is 51.7 Å². The molecular weight excluding hydrogens is 472 g/mol. The maximum Gasteiger partial charge on any atom is 0.352 e. The standard InChI is InChI=1S/C19H24N6O6S2/c1-25(5-3-4-6-25)31-7-10-8-32-17-13(16(27)24(17)14(10)18(28)29)22-15(26)12(23-30-2)11-9-33-19(20)21-11/h9,13,17H,3-8H2,1-2H3,(H3-,20,21,22,26,28,29)/p+1. The Bertz CT molecular complexity index is 1030. The summed E-state index contributed by atoms with van der Waals surface area (Å²) < 4.78 is 0.430. The lowest BCUT2D eigenvalue weighted by Crippen LogP contribution is -2.71. The molecule has 2 atom stereocenters. The lowest BCUT2D eigenvalue weighted by molar-refractivity contribution is -1.08. The van der Waals surface area contributed by atoms with Crippen LogP contribution in [0.25, 0.3) is 0 Å². The number of likely N-dealkylation sites (tertiary alicyclic amines) is 1. The zero-order valence-electron chi connectivity index (χ0n) is 18.1. The zero-order chi connectivity index (χ0) is 23.8. The highest BCUT2D eigenvalue weighted by molar-refractivity contribution is 8.00. The molecule has 0 saturated carbocycles. The van der Waals surface area contributed by atoms with Gasteiger partial charge in [0.15, 0.2) is 10.8 Å². The van der Waals surface area contributed by atoms with Crippen LogP contribution in [0.1, 0.15) is 18.5 Å². The van der Waals surface area contributed by atoms with Gasteiger partial charge >= 0.3 is 5.97 Å². The molecule has 4 N–H and O–H groups in total. The number of hydrogen-bond donors (Lipinski definition) is 3. The molecule has 14 heteroatoms. The van der Waals surface area contributed by atoms with E-state index in [2.05, 4.69) is 15.5 Å². The molecular formula is C19H25N6O6S2+. The summed E-state index contributed by atoms with van der Waals surface area (Å²) in [6.45, 7) is 1.88. The number of carbonyl (C=O) groups excluding carboxylic acids is 2. The fraction of sp³-hybridized carbons (Fsp3) is 0.526. The first-order valence-corrected chi connectivity index (χ1v) is 12.2. The van der Waals surface area contributed by atoms with Crippen molar-refractivity contribution in [2.75, 3.05) is 45.3 Å². The number of carboxylic acid groups (broad SMARTS) is 1. The molecule has 3 aliphatic heterocycles. The average molecular weight is 498 g/mol. The quantitative estimate of drug-likeness (QED) is 0.194. The van der Waals surface area contributed by atoms with E-state index in [9.17, 15) is 19.5 Å². The number of quaternary nitrogens is 1. The van der Waals surface area contributed by atoms with Crippen molar-refractivity contribution in [1.82, 2.24) is 15.2 Å². The van der Waals surface area contributed by atoms with Gasteiger partial charge in [0.2, 0.25) is 0 Å². The molecule has 2 saturated heterocycles. The number of anilines is 1. The van der Waals surface area contributed by atoms with Gasteiger partial charge in [0.1, 0.15) is 49.6 Å². The molecule has 0 radical (unpaired) electrons. The number of hydrogen-bond acceptors (Lipinski definition) is 10. The maximum absolute atomic E-state index is 12.9. The Labute approximate surface area is 197 Å². The molecule has 2 fully saturated rings. The Morgan fingerprint density at radius 2 is 2.15 bits per heavy atom. The number of rotatable bonds is 8. The Morgan fingerprint density at radius 1 is 1.42 bits per heavy atom. The fourth-order valence-electron chi connectivity index (χ4n) is 4.06. The van der Waals surface area contributed by atoms with Crippen LogP contribution in [0.3, 0.4) is 0 Å². The molecule has 33 heavy (non-hydrogen) atoms. The van der Waals surface area contributed by atoms with Gasteiger partial charge in [-0.15, -0.1) is 23.1 Å². The van der Waals surface area contributed by atoms with E-state index in [0.29, 0.717) is 16.0 Å². The first-order valence-electron chi connectivity index (χ1n) is 10.3. The van der Waals surface area contributed by atoms with E-state index < -0.39 is 29.2 Å². The van der Waals surface area contributed by atoms with Crippen molar-refractivity contribution in [3.05, 3.63) is 22.3 Å². The number of carbonyl (C=O) groups is 3. The van der Waals surface area contributed by atoms with Crippen LogP contribution < -0.4 is 11.1 Å². The van der Waals surface area contributed by atoms with Gasteiger partial charge in [0, 0.05) is 29.5 Å². The number of thioether (sulfide) groups is 1. The van der Waals surface area contributed by atoms with E-state index in [1.165, 1.54) is 23.8 Å². The molecule has 0 bridgehead atoms. The second-order valence-corrected chi connectivity index (χ2v) is 10.0. The number of fused-ring (bicyclic) bond motifs is 1. The average Bonchev–Trinajstić information content (AvgIpc) is 3.41. The van der Waals surface area contributed by atoms with Crippen LogP contribution >= 0.6 is 23.1 Å². The van der Waals surface area contributed by atoms with Crippen LogP contribution in [0.15, 0.2) is 21.8 Å². The minimum atomic E-state index is -1.19. The number of β-lactam (4-membered cyclic amide) rings is 1. The van der Waals surface area contributed by atoms with Crippen LogP contribution in [-0.4, -0.2) is 94.2 Å². The summed E-state index contributed by atoms with van der Waals surface area (Å²) in [5.74, 6) is -1.99. The van der Waals surface area contributed by atoms with Gasteiger partial charge in [-0.25, -0.2) is 9.78 Å². The summed E-state index contributed by atoms with van der Waals surface area (Å²) in [5.41, 5.74) is 6.21. The van der Waals surface area contributed by atoms with Crippen LogP contribution in [0, 0.1) is 0 Å². The van der Waals surface area contributed by atoms with Gasteiger partial charge in [-0.05, 0) is 0 Å². The van der Waals surface area contributed by atoms with Crippen molar-refractivity contribution in [2.24, 2.45) is 5.16 Å². The third-order valence-electron chi connectivity index (χ3n) is 5.76.